The molecule has 1 atom stereocenters. The molecule has 2 N–H and O–H groups in total. The minimum absolute atomic E-state index is 0.165. The van der Waals surface area contributed by atoms with Crippen LogP contribution < -0.4 is 15.5 Å². The van der Waals surface area contributed by atoms with Crippen LogP contribution in [0.4, 0.5) is 16.2 Å². The van der Waals surface area contributed by atoms with Crippen molar-refractivity contribution in [3.63, 3.8) is 0 Å². The van der Waals surface area contributed by atoms with Gasteiger partial charge >= 0.3 is 6.03 Å². The lowest BCUT2D eigenvalue weighted by atomic mass is 10.1. The maximum Gasteiger partial charge on any atom is 0.319 e. The van der Waals surface area contributed by atoms with E-state index >= 15 is 0 Å². The molecule has 2 aromatic rings. The first-order valence-electron chi connectivity index (χ1n) is 8.97. The zero-order chi connectivity index (χ0) is 17.6. The Morgan fingerprint density at radius 1 is 1.32 bits per heavy atom. The van der Waals surface area contributed by atoms with E-state index in [1.54, 1.807) is 6.20 Å². The number of hydrogen-bond acceptors (Lipinski definition) is 3. The minimum Gasteiger partial charge on any atom is -0.371 e. The summed E-state index contributed by atoms with van der Waals surface area (Å²) in [5, 5.41) is 10.1. The van der Waals surface area contributed by atoms with Gasteiger partial charge in [-0.3, -0.25) is 4.68 Å². The number of para-hydroxylation sites is 1. The maximum atomic E-state index is 12.1. The smallest absolute Gasteiger partial charge is 0.319 e. The molecule has 1 unspecified atom stereocenters. The molecule has 1 aromatic carbocycles. The molecule has 1 saturated heterocycles. The van der Waals surface area contributed by atoms with Crippen molar-refractivity contribution in [3.8, 4) is 0 Å². The third kappa shape index (κ3) is 4.98. The summed E-state index contributed by atoms with van der Waals surface area (Å²) in [7, 11) is 0. The number of carbonyl (C=O) groups excluding carboxylic acids is 1. The van der Waals surface area contributed by atoms with E-state index in [4.69, 9.17) is 0 Å². The minimum atomic E-state index is -0.165. The van der Waals surface area contributed by atoms with Crippen LogP contribution >= 0.6 is 0 Å². The number of benzene rings is 1. The van der Waals surface area contributed by atoms with Crippen LogP contribution in [-0.4, -0.2) is 35.4 Å². The monoisotopic (exact) mass is 341 g/mol. The second kappa shape index (κ2) is 8.05. The van der Waals surface area contributed by atoms with E-state index in [1.807, 2.05) is 16.9 Å². The normalized spacial score (nSPS) is 17.1. The third-order valence-corrected chi connectivity index (χ3v) is 4.40. The Labute approximate surface area is 149 Å². The van der Waals surface area contributed by atoms with Crippen LogP contribution in [0, 0.1) is 11.8 Å². The van der Waals surface area contributed by atoms with Gasteiger partial charge in [0.1, 0.15) is 0 Å². The van der Waals surface area contributed by atoms with Gasteiger partial charge in [0.05, 0.1) is 11.9 Å². The van der Waals surface area contributed by atoms with Crippen molar-refractivity contribution in [2.24, 2.45) is 11.8 Å². The lowest BCUT2D eigenvalue weighted by Gasteiger charge is -2.18. The summed E-state index contributed by atoms with van der Waals surface area (Å²) in [6.07, 6.45) is 4.66. The summed E-state index contributed by atoms with van der Waals surface area (Å²) in [6.45, 7) is 7.84. The number of amides is 2. The van der Waals surface area contributed by atoms with E-state index in [1.165, 1.54) is 5.69 Å². The van der Waals surface area contributed by atoms with Crippen molar-refractivity contribution in [3.05, 3.63) is 42.7 Å². The Morgan fingerprint density at radius 3 is 2.88 bits per heavy atom. The fraction of sp³-hybridized carbons (Fsp3) is 0.474. The van der Waals surface area contributed by atoms with Crippen molar-refractivity contribution in [1.82, 2.24) is 15.1 Å². The SMILES string of the molecule is CC(C)Cn1cc(NC(=O)NCC2CCN(c3ccccc3)C2)cn1. The van der Waals surface area contributed by atoms with Gasteiger partial charge in [-0.05, 0) is 30.4 Å². The molecule has 1 fully saturated rings. The van der Waals surface area contributed by atoms with Crippen LogP contribution in [0.2, 0.25) is 0 Å². The topological polar surface area (TPSA) is 62.2 Å². The van der Waals surface area contributed by atoms with Gasteiger partial charge in [0, 0.05) is 38.1 Å². The van der Waals surface area contributed by atoms with Crippen LogP contribution in [0.25, 0.3) is 0 Å². The number of anilines is 2. The quantitative estimate of drug-likeness (QED) is 0.848. The third-order valence-electron chi connectivity index (χ3n) is 4.40. The highest BCUT2D eigenvalue weighted by molar-refractivity contribution is 5.88. The predicted molar refractivity (Wildman–Crippen MR) is 101 cm³/mol. The van der Waals surface area contributed by atoms with E-state index in [2.05, 4.69) is 58.7 Å². The van der Waals surface area contributed by atoms with Gasteiger partial charge in [-0.25, -0.2) is 4.79 Å². The highest BCUT2D eigenvalue weighted by atomic mass is 16.2. The summed E-state index contributed by atoms with van der Waals surface area (Å²) < 4.78 is 1.86. The van der Waals surface area contributed by atoms with E-state index in [9.17, 15) is 4.79 Å². The van der Waals surface area contributed by atoms with E-state index in [0.717, 1.165) is 31.7 Å². The molecule has 6 heteroatoms. The Bertz CT molecular complexity index is 682. The van der Waals surface area contributed by atoms with Crippen molar-refractivity contribution in [1.29, 1.82) is 0 Å². The molecule has 1 aliphatic heterocycles. The van der Waals surface area contributed by atoms with Crippen molar-refractivity contribution in [2.75, 3.05) is 29.9 Å². The van der Waals surface area contributed by atoms with Crippen molar-refractivity contribution < 1.29 is 4.79 Å². The number of urea groups is 1. The Hall–Kier alpha value is -2.50. The summed E-state index contributed by atoms with van der Waals surface area (Å²) in [5.74, 6) is 1.01. The average molecular weight is 341 g/mol. The molecule has 0 radical (unpaired) electrons. The average Bonchev–Trinajstić information content (AvgIpc) is 3.23. The summed E-state index contributed by atoms with van der Waals surface area (Å²) >= 11 is 0. The molecule has 0 aliphatic carbocycles. The molecule has 1 aliphatic rings. The van der Waals surface area contributed by atoms with E-state index < -0.39 is 0 Å². The van der Waals surface area contributed by atoms with Gasteiger partial charge < -0.3 is 15.5 Å². The number of aromatic nitrogens is 2. The zero-order valence-corrected chi connectivity index (χ0v) is 15.0. The van der Waals surface area contributed by atoms with E-state index in [0.29, 0.717) is 18.4 Å². The summed E-state index contributed by atoms with van der Waals surface area (Å²) in [4.78, 5) is 14.5. The zero-order valence-electron chi connectivity index (χ0n) is 15.0. The first kappa shape index (κ1) is 17.3. The molecular weight excluding hydrogens is 314 g/mol. The molecule has 25 heavy (non-hydrogen) atoms. The van der Waals surface area contributed by atoms with Crippen LogP contribution in [0.5, 0.6) is 0 Å². The van der Waals surface area contributed by atoms with Gasteiger partial charge in [-0.2, -0.15) is 5.10 Å². The van der Waals surface area contributed by atoms with Gasteiger partial charge in [0.25, 0.3) is 0 Å². The Balaban J connectivity index is 1.41. The maximum absolute atomic E-state index is 12.1. The Morgan fingerprint density at radius 2 is 2.12 bits per heavy atom. The highest BCUT2D eigenvalue weighted by Crippen LogP contribution is 2.22. The molecule has 2 amide bonds. The first-order valence-corrected chi connectivity index (χ1v) is 8.97. The van der Waals surface area contributed by atoms with Crippen molar-refractivity contribution in [2.45, 2.75) is 26.8 Å². The Kier molecular flexibility index (Phi) is 5.58. The first-order chi connectivity index (χ1) is 12.1. The van der Waals surface area contributed by atoms with E-state index in [-0.39, 0.29) is 6.03 Å². The lowest BCUT2D eigenvalue weighted by molar-refractivity contribution is 0.250. The van der Waals surface area contributed by atoms with Crippen molar-refractivity contribution >= 4 is 17.4 Å². The van der Waals surface area contributed by atoms with Gasteiger partial charge in [-0.15, -0.1) is 0 Å². The number of hydrogen-bond donors (Lipinski definition) is 2. The predicted octanol–water partition coefficient (Wildman–Crippen LogP) is 3.19. The van der Waals surface area contributed by atoms with Crippen LogP contribution in [0.1, 0.15) is 20.3 Å². The molecule has 0 saturated carbocycles. The molecular formula is C19H27N5O. The van der Waals surface area contributed by atoms with Gasteiger partial charge in [0.15, 0.2) is 0 Å². The molecule has 1 aromatic heterocycles. The number of nitrogens with zero attached hydrogens (tertiary/aromatic N) is 3. The van der Waals surface area contributed by atoms with Gasteiger partial charge in [0.2, 0.25) is 0 Å². The second-order valence-corrected chi connectivity index (χ2v) is 7.12. The standard InChI is InChI=1S/C19H27N5O/c1-15(2)12-24-14-17(11-21-24)22-19(25)20-10-16-8-9-23(13-16)18-6-4-3-5-7-18/h3-7,11,14-16H,8-10,12-13H2,1-2H3,(H2,20,22,25). The van der Waals surface area contributed by atoms with Crippen LogP contribution in [0.15, 0.2) is 42.7 Å². The summed E-state index contributed by atoms with van der Waals surface area (Å²) in [6, 6.07) is 10.3. The highest BCUT2D eigenvalue weighted by Gasteiger charge is 2.22. The second-order valence-electron chi connectivity index (χ2n) is 7.12. The van der Waals surface area contributed by atoms with Gasteiger partial charge in [-0.1, -0.05) is 32.0 Å². The lowest BCUT2D eigenvalue weighted by Crippen LogP contribution is -2.34. The molecule has 0 spiro atoms. The fourth-order valence-corrected chi connectivity index (χ4v) is 3.19. The fourth-order valence-electron chi connectivity index (χ4n) is 3.19. The van der Waals surface area contributed by atoms with Crippen LogP contribution in [-0.2, 0) is 6.54 Å². The molecule has 2 heterocycles. The largest absolute Gasteiger partial charge is 0.371 e. The molecule has 6 nitrogen and oxygen atoms in total. The summed E-state index contributed by atoms with van der Waals surface area (Å²) in [5.41, 5.74) is 1.99. The molecule has 134 valence electrons. The molecule has 3 rings (SSSR count). The van der Waals surface area contributed by atoms with Crippen LogP contribution in [0.3, 0.4) is 0 Å². The number of rotatable bonds is 6. The number of nitrogens with one attached hydrogen (secondary N) is 2. The molecule has 0 bridgehead atoms. The number of carbonyl (C=O) groups is 1.